The first-order valence-electron chi connectivity index (χ1n) is 5.13. The van der Waals surface area contributed by atoms with Gasteiger partial charge in [-0.15, -0.1) is 5.11 Å². The largest absolute Gasteiger partial charge is 0.287 e. The molecule has 0 aromatic carbocycles. The summed E-state index contributed by atoms with van der Waals surface area (Å²) in [4.78, 5) is 17.8. The summed E-state index contributed by atoms with van der Waals surface area (Å²) in [6.45, 7) is 0.347. The number of pyridine rings is 2. The van der Waals surface area contributed by atoms with Crippen LogP contribution in [0.1, 0.15) is 5.69 Å². The van der Waals surface area contributed by atoms with Crippen LogP contribution in [-0.4, -0.2) is 14.9 Å². The van der Waals surface area contributed by atoms with Gasteiger partial charge in [-0.2, -0.15) is 5.11 Å². The molecule has 18 heavy (non-hydrogen) atoms. The Morgan fingerprint density at radius 2 is 2.11 bits per heavy atom. The van der Waals surface area contributed by atoms with Crippen molar-refractivity contribution in [3.05, 3.63) is 58.5 Å². The highest BCUT2D eigenvalue weighted by atomic mass is 16.6. The molecule has 2 aromatic rings. The zero-order valence-corrected chi connectivity index (χ0v) is 9.30. The van der Waals surface area contributed by atoms with Crippen LogP contribution >= 0.6 is 0 Å². The van der Waals surface area contributed by atoms with Crippen LogP contribution in [0.25, 0.3) is 0 Å². The predicted molar refractivity (Wildman–Crippen MR) is 63.3 cm³/mol. The van der Waals surface area contributed by atoms with Crippen LogP contribution < -0.4 is 0 Å². The molecule has 90 valence electrons. The monoisotopic (exact) mass is 243 g/mol. The molecular formula is C11H9N5O2. The van der Waals surface area contributed by atoms with Crippen LogP contribution in [0, 0.1) is 10.1 Å². The number of azo groups is 1. The molecule has 0 radical (unpaired) electrons. The molecule has 0 fully saturated rings. The summed E-state index contributed by atoms with van der Waals surface area (Å²) in [5, 5.41) is 18.2. The van der Waals surface area contributed by atoms with E-state index in [-0.39, 0.29) is 5.69 Å². The van der Waals surface area contributed by atoms with Gasteiger partial charge in [0.25, 0.3) is 5.69 Å². The summed E-state index contributed by atoms with van der Waals surface area (Å²) < 4.78 is 0. The minimum absolute atomic E-state index is 0.0707. The van der Waals surface area contributed by atoms with Gasteiger partial charge in [-0.3, -0.25) is 15.1 Å². The number of nitrogens with zero attached hydrogens (tertiary/aromatic N) is 5. The number of aromatic nitrogens is 2. The van der Waals surface area contributed by atoms with Gasteiger partial charge < -0.3 is 0 Å². The number of rotatable bonds is 4. The van der Waals surface area contributed by atoms with Gasteiger partial charge in [-0.1, -0.05) is 6.07 Å². The van der Waals surface area contributed by atoms with E-state index in [1.807, 2.05) is 18.2 Å². The average Bonchev–Trinajstić information content (AvgIpc) is 2.40. The molecule has 0 unspecified atom stereocenters. The summed E-state index contributed by atoms with van der Waals surface area (Å²) in [5.74, 6) is 0.330. The lowest BCUT2D eigenvalue weighted by Crippen LogP contribution is -1.88. The third-order valence-corrected chi connectivity index (χ3v) is 2.08. The molecule has 0 N–H and O–H groups in total. The maximum atomic E-state index is 10.4. The van der Waals surface area contributed by atoms with Crippen LogP contribution in [0.15, 0.2) is 53.0 Å². The molecule has 0 aliphatic carbocycles. The Hall–Kier alpha value is -2.70. The summed E-state index contributed by atoms with van der Waals surface area (Å²) in [5.41, 5.74) is 0.724. The van der Waals surface area contributed by atoms with Crippen molar-refractivity contribution in [3.8, 4) is 0 Å². The minimum Gasteiger partial charge on any atom is -0.259 e. The highest BCUT2D eigenvalue weighted by molar-refractivity contribution is 5.35. The van der Waals surface area contributed by atoms with E-state index < -0.39 is 4.92 Å². The Balaban J connectivity index is 1.99. The normalized spacial score (nSPS) is 10.7. The maximum absolute atomic E-state index is 10.4. The molecule has 0 aliphatic heterocycles. The Kier molecular flexibility index (Phi) is 3.65. The SMILES string of the molecule is O=[N+]([O-])c1ccc(N=NCc2ccccn2)nc1. The third-order valence-electron chi connectivity index (χ3n) is 2.08. The lowest BCUT2D eigenvalue weighted by Gasteiger charge is -1.93. The Labute approximate surface area is 102 Å². The Morgan fingerprint density at radius 1 is 1.22 bits per heavy atom. The molecule has 2 heterocycles. The predicted octanol–water partition coefficient (Wildman–Crippen LogP) is 2.67. The molecule has 0 saturated carbocycles. The van der Waals surface area contributed by atoms with E-state index in [0.29, 0.717) is 12.4 Å². The van der Waals surface area contributed by atoms with Crippen molar-refractivity contribution in [1.82, 2.24) is 9.97 Å². The van der Waals surface area contributed by atoms with Crippen LogP contribution in [0.4, 0.5) is 11.5 Å². The van der Waals surface area contributed by atoms with Gasteiger partial charge in [-0.05, 0) is 18.2 Å². The molecule has 0 amide bonds. The lowest BCUT2D eigenvalue weighted by molar-refractivity contribution is -0.385. The van der Waals surface area contributed by atoms with Crippen LogP contribution in [0.5, 0.6) is 0 Å². The number of hydrogen-bond acceptors (Lipinski definition) is 6. The van der Waals surface area contributed by atoms with Crippen LogP contribution in [0.3, 0.4) is 0 Å². The quantitative estimate of drug-likeness (QED) is 0.468. The highest BCUT2D eigenvalue weighted by Gasteiger charge is 2.04. The first kappa shape index (κ1) is 11.8. The van der Waals surface area contributed by atoms with Crippen molar-refractivity contribution in [2.45, 2.75) is 6.54 Å². The molecular weight excluding hydrogens is 234 g/mol. The van der Waals surface area contributed by atoms with E-state index in [1.54, 1.807) is 6.20 Å². The first-order valence-corrected chi connectivity index (χ1v) is 5.13. The number of nitro groups is 1. The van der Waals surface area contributed by atoms with Crippen LogP contribution in [0.2, 0.25) is 0 Å². The fourth-order valence-corrected chi connectivity index (χ4v) is 1.22. The molecule has 0 aliphatic rings. The van der Waals surface area contributed by atoms with Crippen molar-refractivity contribution in [2.75, 3.05) is 0 Å². The average molecular weight is 243 g/mol. The first-order chi connectivity index (χ1) is 8.75. The lowest BCUT2D eigenvalue weighted by atomic mass is 10.4. The minimum atomic E-state index is -0.512. The Bertz CT molecular complexity index is 553. The van der Waals surface area contributed by atoms with Crippen molar-refractivity contribution >= 4 is 11.5 Å². The van der Waals surface area contributed by atoms with Crippen molar-refractivity contribution in [3.63, 3.8) is 0 Å². The topological polar surface area (TPSA) is 93.6 Å². The highest BCUT2D eigenvalue weighted by Crippen LogP contribution is 2.14. The van der Waals surface area contributed by atoms with Gasteiger partial charge in [0.2, 0.25) is 0 Å². The summed E-state index contributed by atoms with van der Waals surface area (Å²) in [6, 6.07) is 8.30. The fraction of sp³-hybridized carbons (Fsp3) is 0.0909. The maximum Gasteiger partial charge on any atom is 0.287 e. The molecule has 7 nitrogen and oxygen atoms in total. The van der Waals surface area contributed by atoms with Crippen molar-refractivity contribution in [1.29, 1.82) is 0 Å². The summed E-state index contributed by atoms with van der Waals surface area (Å²) in [6.07, 6.45) is 2.82. The van der Waals surface area contributed by atoms with E-state index in [1.165, 1.54) is 12.1 Å². The second-order valence-corrected chi connectivity index (χ2v) is 3.35. The molecule has 0 bridgehead atoms. The third kappa shape index (κ3) is 3.14. The van der Waals surface area contributed by atoms with Crippen molar-refractivity contribution in [2.24, 2.45) is 10.2 Å². The van der Waals surface area contributed by atoms with Crippen molar-refractivity contribution < 1.29 is 4.92 Å². The molecule has 0 saturated heterocycles. The molecule has 7 heteroatoms. The van der Waals surface area contributed by atoms with E-state index in [9.17, 15) is 10.1 Å². The van der Waals surface area contributed by atoms with Gasteiger partial charge >= 0.3 is 0 Å². The molecule has 0 atom stereocenters. The van der Waals surface area contributed by atoms with Gasteiger partial charge in [-0.25, -0.2) is 4.98 Å². The van der Waals surface area contributed by atoms with Gasteiger partial charge in [0.05, 0.1) is 10.6 Å². The summed E-state index contributed by atoms with van der Waals surface area (Å²) in [7, 11) is 0. The Morgan fingerprint density at radius 3 is 2.72 bits per heavy atom. The van der Waals surface area contributed by atoms with E-state index >= 15 is 0 Å². The smallest absolute Gasteiger partial charge is 0.259 e. The van der Waals surface area contributed by atoms with Gasteiger partial charge in [0.15, 0.2) is 5.82 Å². The second kappa shape index (κ2) is 5.58. The second-order valence-electron chi connectivity index (χ2n) is 3.35. The summed E-state index contributed by atoms with van der Waals surface area (Å²) >= 11 is 0. The van der Waals surface area contributed by atoms with E-state index in [2.05, 4.69) is 20.2 Å². The zero-order chi connectivity index (χ0) is 12.8. The van der Waals surface area contributed by atoms with Gasteiger partial charge in [0.1, 0.15) is 12.7 Å². The standard InChI is InChI=1S/C11H9N5O2/c17-16(18)10-4-5-11(13-8-10)15-14-7-9-3-1-2-6-12-9/h1-6,8H,7H2. The van der Waals surface area contributed by atoms with Gasteiger partial charge in [0, 0.05) is 12.3 Å². The fourth-order valence-electron chi connectivity index (χ4n) is 1.22. The molecule has 2 rings (SSSR count). The molecule has 0 spiro atoms. The van der Waals surface area contributed by atoms with E-state index in [0.717, 1.165) is 11.9 Å². The van der Waals surface area contributed by atoms with Crippen LogP contribution in [-0.2, 0) is 6.54 Å². The zero-order valence-electron chi connectivity index (χ0n) is 9.30. The number of hydrogen-bond donors (Lipinski definition) is 0. The van der Waals surface area contributed by atoms with E-state index in [4.69, 9.17) is 0 Å². The molecule has 2 aromatic heterocycles.